The van der Waals surface area contributed by atoms with Gasteiger partial charge in [0, 0.05) is 5.56 Å². The molecule has 0 saturated carbocycles. The topological polar surface area (TPSA) is 53.6 Å². The Morgan fingerprint density at radius 2 is 1.88 bits per heavy atom. The van der Waals surface area contributed by atoms with Gasteiger partial charge in [0.25, 0.3) is 5.91 Å². The molecule has 5 nitrogen and oxygen atoms in total. The molecule has 0 heterocycles. The zero-order valence-electron chi connectivity index (χ0n) is 14.1. The van der Waals surface area contributed by atoms with E-state index in [2.05, 4.69) is 15.5 Å². The lowest BCUT2D eigenvalue weighted by atomic mass is 10.2. The van der Waals surface area contributed by atoms with Gasteiger partial charge >= 0.3 is 0 Å². The molecule has 0 aromatic heterocycles. The van der Waals surface area contributed by atoms with E-state index in [1.54, 1.807) is 24.3 Å². The fraction of sp³-hybridized carbons (Fsp3) is 0.562. The number of rotatable bonds is 9. The highest BCUT2D eigenvalue weighted by atomic mass is 35.6. The molecule has 2 N–H and O–H groups in total. The van der Waals surface area contributed by atoms with Gasteiger partial charge in [-0.3, -0.25) is 10.1 Å². The number of ether oxygens (including phenoxy) is 1. The third-order valence-electron chi connectivity index (χ3n) is 3.16. The quantitative estimate of drug-likeness (QED) is 0.383. The van der Waals surface area contributed by atoms with Crippen LogP contribution in [0.25, 0.3) is 0 Å². The molecule has 1 aromatic rings. The third-order valence-corrected chi connectivity index (χ3v) is 3.82. The summed E-state index contributed by atoms with van der Waals surface area (Å²) in [5.41, 5.74) is 0.466. The Hall–Kier alpha value is -0.720. The van der Waals surface area contributed by atoms with E-state index in [4.69, 9.17) is 39.5 Å². The SMILES string of the molecule is CCOc1ccc(C(=O)N[C@H](NCCCN(C)C)C(Cl)(Cl)Cl)cc1. The second-order valence-electron chi connectivity index (χ2n) is 5.52. The highest BCUT2D eigenvalue weighted by Gasteiger charge is 2.33. The van der Waals surface area contributed by atoms with E-state index in [9.17, 15) is 4.79 Å². The minimum Gasteiger partial charge on any atom is -0.494 e. The molecule has 0 spiro atoms. The van der Waals surface area contributed by atoms with Crippen molar-refractivity contribution in [2.24, 2.45) is 0 Å². The molecule has 0 unspecified atom stereocenters. The molecular formula is C16H24Cl3N3O2. The van der Waals surface area contributed by atoms with Crippen molar-refractivity contribution >= 4 is 40.7 Å². The molecule has 24 heavy (non-hydrogen) atoms. The van der Waals surface area contributed by atoms with Gasteiger partial charge < -0.3 is 15.0 Å². The maximum absolute atomic E-state index is 12.3. The van der Waals surface area contributed by atoms with Crippen LogP contribution in [0.1, 0.15) is 23.7 Å². The first kappa shape index (κ1) is 21.3. The summed E-state index contributed by atoms with van der Waals surface area (Å²) in [6.45, 7) is 3.97. The maximum Gasteiger partial charge on any atom is 0.252 e. The molecule has 1 rings (SSSR count). The van der Waals surface area contributed by atoms with Crippen LogP contribution in [0.2, 0.25) is 0 Å². The first-order valence-electron chi connectivity index (χ1n) is 7.72. The molecule has 8 heteroatoms. The zero-order valence-corrected chi connectivity index (χ0v) is 16.4. The second-order valence-corrected chi connectivity index (χ2v) is 7.89. The lowest BCUT2D eigenvalue weighted by molar-refractivity contribution is 0.0929. The monoisotopic (exact) mass is 395 g/mol. The van der Waals surface area contributed by atoms with Crippen molar-refractivity contribution in [1.82, 2.24) is 15.5 Å². The van der Waals surface area contributed by atoms with Crippen molar-refractivity contribution < 1.29 is 9.53 Å². The number of carbonyl (C=O) groups excluding carboxylic acids is 1. The minimum atomic E-state index is -1.65. The lowest BCUT2D eigenvalue weighted by Crippen LogP contribution is -2.53. The predicted molar refractivity (Wildman–Crippen MR) is 100 cm³/mol. The average molecular weight is 397 g/mol. The van der Waals surface area contributed by atoms with Gasteiger partial charge in [-0.25, -0.2) is 0 Å². The van der Waals surface area contributed by atoms with E-state index in [1.165, 1.54) is 0 Å². The van der Waals surface area contributed by atoms with Crippen molar-refractivity contribution in [3.8, 4) is 5.75 Å². The first-order chi connectivity index (χ1) is 11.2. The molecule has 0 fully saturated rings. The number of halogens is 3. The van der Waals surface area contributed by atoms with Crippen LogP contribution in [-0.4, -0.2) is 54.6 Å². The number of hydrogen-bond donors (Lipinski definition) is 2. The van der Waals surface area contributed by atoms with Crippen molar-refractivity contribution in [2.75, 3.05) is 33.8 Å². The van der Waals surface area contributed by atoms with E-state index in [0.717, 1.165) is 13.0 Å². The molecule has 0 aliphatic carbocycles. The van der Waals surface area contributed by atoms with E-state index < -0.39 is 9.96 Å². The number of benzene rings is 1. The fourth-order valence-electron chi connectivity index (χ4n) is 1.97. The fourth-order valence-corrected chi connectivity index (χ4v) is 2.37. The van der Waals surface area contributed by atoms with Crippen molar-refractivity contribution in [1.29, 1.82) is 0 Å². The van der Waals surface area contributed by atoms with Gasteiger partial charge in [0.15, 0.2) is 0 Å². The molecule has 136 valence electrons. The van der Waals surface area contributed by atoms with Crippen LogP contribution < -0.4 is 15.4 Å². The molecule has 0 radical (unpaired) electrons. The van der Waals surface area contributed by atoms with Crippen LogP contribution in [0.3, 0.4) is 0 Å². The van der Waals surface area contributed by atoms with Crippen LogP contribution >= 0.6 is 34.8 Å². The Morgan fingerprint density at radius 1 is 1.25 bits per heavy atom. The number of hydrogen-bond acceptors (Lipinski definition) is 4. The molecular weight excluding hydrogens is 373 g/mol. The van der Waals surface area contributed by atoms with Crippen molar-refractivity contribution in [2.45, 2.75) is 23.3 Å². The lowest BCUT2D eigenvalue weighted by Gasteiger charge is -2.27. The van der Waals surface area contributed by atoms with Crippen molar-refractivity contribution in [3.63, 3.8) is 0 Å². The molecule has 1 amide bonds. The van der Waals surface area contributed by atoms with E-state index in [1.807, 2.05) is 21.0 Å². The number of carbonyl (C=O) groups is 1. The van der Waals surface area contributed by atoms with Gasteiger partial charge in [0.1, 0.15) is 11.9 Å². The first-order valence-corrected chi connectivity index (χ1v) is 8.86. The van der Waals surface area contributed by atoms with Gasteiger partial charge in [0.2, 0.25) is 3.79 Å². The number of nitrogens with one attached hydrogen (secondary N) is 2. The Morgan fingerprint density at radius 3 is 2.38 bits per heavy atom. The van der Waals surface area contributed by atoms with Crippen LogP contribution in [-0.2, 0) is 0 Å². The molecule has 1 aromatic carbocycles. The van der Waals surface area contributed by atoms with Crippen LogP contribution in [0.4, 0.5) is 0 Å². The number of nitrogens with zero attached hydrogens (tertiary/aromatic N) is 1. The summed E-state index contributed by atoms with van der Waals surface area (Å²) < 4.78 is 3.70. The second kappa shape index (κ2) is 10.3. The Bertz CT molecular complexity index is 504. The van der Waals surface area contributed by atoms with Gasteiger partial charge in [-0.05, 0) is 64.8 Å². The Kier molecular flexibility index (Phi) is 9.16. The molecule has 0 saturated heterocycles. The molecule has 0 bridgehead atoms. The van der Waals surface area contributed by atoms with Gasteiger partial charge in [-0.15, -0.1) is 0 Å². The van der Waals surface area contributed by atoms with Crippen LogP contribution in [0, 0.1) is 0 Å². The normalized spacial score (nSPS) is 13.0. The molecule has 1 atom stereocenters. The summed E-state index contributed by atoms with van der Waals surface area (Å²) in [6, 6.07) is 6.80. The summed E-state index contributed by atoms with van der Waals surface area (Å²) in [7, 11) is 3.97. The van der Waals surface area contributed by atoms with E-state index in [0.29, 0.717) is 24.5 Å². The Balaban J connectivity index is 2.63. The third kappa shape index (κ3) is 7.90. The van der Waals surface area contributed by atoms with E-state index >= 15 is 0 Å². The summed E-state index contributed by atoms with van der Waals surface area (Å²) in [4.78, 5) is 14.4. The largest absolute Gasteiger partial charge is 0.494 e. The van der Waals surface area contributed by atoms with Gasteiger partial charge in [-0.2, -0.15) is 0 Å². The standard InChI is InChI=1S/C16H24Cl3N3O2/c1-4-24-13-8-6-12(7-9-13)14(23)21-15(16(17,18)19)20-10-5-11-22(2)3/h6-9,15,20H,4-5,10-11H2,1-3H3,(H,21,23)/t15-/m0/s1. The summed E-state index contributed by atoms with van der Waals surface area (Å²) in [5.74, 6) is 0.378. The number of alkyl halides is 3. The summed E-state index contributed by atoms with van der Waals surface area (Å²) in [5, 5.41) is 5.78. The molecule has 0 aliphatic rings. The highest BCUT2D eigenvalue weighted by molar-refractivity contribution is 6.68. The minimum absolute atomic E-state index is 0.325. The maximum atomic E-state index is 12.3. The van der Waals surface area contributed by atoms with Crippen LogP contribution in [0.5, 0.6) is 5.75 Å². The predicted octanol–water partition coefficient (Wildman–Crippen LogP) is 3.05. The van der Waals surface area contributed by atoms with Gasteiger partial charge in [-0.1, -0.05) is 34.8 Å². The van der Waals surface area contributed by atoms with Crippen LogP contribution in [0.15, 0.2) is 24.3 Å². The highest BCUT2D eigenvalue weighted by Crippen LogP contribution is 2.29. The van der Waals surface area contributed by atoms with Crippen molar-refractivity contribution in [3.05, 3.63) is 29.8 Å². The number of amides is 1. The van der Waals surface area contributed by atoms with Gasteiger partial charge in [0.05, 0.1) is 6.61 Å². The summed E-state index contributed by atoms with van der Waals surface area (Å²) >= 11 is 17.9. The summed E-state index contributed by atoms with van der Waals surface area (Å²) in [6.07, 6.45) is 0.0760. The van der Waals surface area contributed by atoms with E-state index in [-0.39, 0.29) is 5.91 Å². The Labute approximate surface area is 158 Å². The molecule has 0 aliphatic heterocycles. The smallest absolute Gasteiger partial charge is 0.252 e. The average Bonchev–Trinajstić information content (AvgIpc) is 2.50. The zero-order chi connectivity index (χ0) is 18.2.